The monoisotopic (exact) mass is 323 g/mol. The number of halogens is 1. The number of benzene rings is 1. The molecule has 1 saturated heterocycles. The second-order valence-electron chi connectivity index (χ2n) is 5.38. The van der Waals surface area contributed by atoms with Gasteiger partial charge in [-0.25, -0.2) is 0 Å². The zero-order chi connectivity index (χ0) is 13.4. The molecule has 1 heterocycles. The van der Waals surface area contributed by atoms with Gasteiger partial charge in [-0.3, -0.25) is 4.79 Å². The molecule has 1 amide bonds. The Morgan fingerprint density at radius 1 is 1.42 bits per heavy atom. The number of hydrogen-bond donors (Lipinski definition) is 1. The fraction of sp³-hybridized carbons (Fsp3) is 0.533. The van der Waals surface area contributed by atoms with E-state index in [2.05, 4.69) is 39.4 Å². The first-order chi connectivity index (χ1) is 9.16. The third kappa shape index (κ3) is 2.43. The van der Waals surface area contributed by atoms with Crippen LogP contribution in [0.1, 0.15) is 30.5 Å². The van der Waals surface area contributed by atoms with Gasteiger partial charge in [-0.1, -0.05) is 40.2 Å². The molecular weight excluding hydrogens is 306 g/mol. The van der Waals surface area contributed by atoms with E-state index in [9.17, 15) is 4.79 Å². The van der Waals surface area contributed by atoms with E-state index in [4.69, 9.17) is 4.74 Å². The first kappa shape index (κ1) is 13.1. The van der Waals surface area contributed by atoms with Crippen LogP contribution in [-0.2, 0) is 16.0 Å². The Morgan fingerprint density at radius 3 is 2.95 bits per heavy atom. The Balaban J connectivity index is 1.75. The molecule has 0 bridgehead atoms. The lowest BCUT2D eigenvalue weighted by molar-refractivity contribution is -0.127. The Bertz CT molecular complexity index is 491. The second-order valence-corrected chi connectivity index (χ2v) is 6.55. The van der Waals surface area contributed by atoms with Crippen LogP contribution in [0.15, 0.2) is 24.3 Å². The molecule has 4 unspecified atom stereocenters. The summed E-state index contributed by atoms with van der Waals surface area (Å²) in [5.41, 5.74) is 2.56. The van der Waals surface area contributed by atoms with Crippen LogP contribution in [-0.4, -0.2) is 23.4 Å². The summed E-state index contributed by atoms with van der Waals surface area (Å²) in [7, 11) is 0. The molecule has 3 nitrogen and oxygen atoms in total. The molecule has 3 rings (SSSR count). The summed E-state index contributed by atoms with van der Waals surface area (Å²) < 4.78 is 5.47. The fourth-order valence-corrected chi connectivity index (χ4v) is 3.82. The standard InChI is InChI=1S/C15H18BrNO2/c1-9-11(6-7-19-9)15(18)17-14-12-5-3-2-4-10(12)8-13(14)16/h2-5,9,11,13-14H,6-8H2,1H3,(H,17,18). The summed E-state index contributed by atoms with van der Waals surface area (Å²) >= 11 is 3.69. The number of ether oxygens (including phenoxy) is 1. The maximum Gasteiger partial charge on any atom is 0.226 e. The minimum Gasteiger partial charge on any atom is -0.378 e. The number of rotatable bonds is 2. The van der Waals surface area contributed by atoms with E-state index in [-0.39, 0.29) is 28.8 Å². The molecule has 1 aliphatic heterocycles. The Morgan fingerprint density at radius 2 is 2.21 bits per heavy atom. The molecule has 4 heteroatoms. The van der Waals surface area contributed by atoms with E-state index < -0.39 is 0 Å². The van der Waals surface area contributed by atoms with Crippen LogP contribution in [0.3, 0.4) is 0 Å². The van der Waals surface area contributed by atoms with Crippen LogP contribution < -0.4 is 5.32 Å². The molecule has 1 fully saturated rings. The van der Waals surface area contributed by atoms with E-state index in [0.29, 0.717) is 6.61 Å². The fourth-order valence-electron chi connectivity index (χ4n) is 3.05. The maximum absolute atomic E-state index is 12.4. The van der Waals surface area contributed by atoms with Crippen molar-refractivity contribution in [2.75, 3.05) is 6.61 Å². The van der Waals surface area contributed by atoms with Crippen LogP contribution >= 0.6 is 15.9 Å². The van der Waals surface area contributed by atoms with Crippen LogP contribution in [0.4, 0.5) is 0 Å². The van der Waals surface area contributed by atoms with Crippen molar-refractivity contribution in [2.45, 2.75) is 36.7 Å². The highest BCUT2D eigenvalue weighted by Crippen LogP contribution is 2.36. The molecule has 2 aliphatic rings. The van der Waals surface area contributed by atoms with Crippen molar-refractivity contribution >= 4 is 21.8 Å². The number of carbonyl (C=O) groups is 1. The SMILES string of the molecule is CC1OCCC1C(=O)NC1c2ccccc2CC1Br. The Labute approximate surface area is 121 Å². The van der Waals surface area contributed by atoms with E-state index in [1.54, 1.807) is 0 Å². The quantitative estimate of drug-likeness (QED) is 0.849. The summed E-state index contributed by atoms with van der Waals surface area (Å²) in [6.07, 6.45) is 1.83. The smallest absolute Gasteiger partial charge is 0.226 e. The van der Waals surface area contributed by atoms with Crippen LogP contribution in [0.2, 0.25) is 0 Å². The summed E-state index contributed by atoms with van der Waals surface area (Å²) in [5.74, 6) is 0.114. The van der Waals surface area contributed by atoms with Gasteiger partial charge < -0.3 is 10.1 Å². The molecule has 1 N–H and O–H groups in total. The van der Waals surface area contributed by atoms with Crippen molar-refractivity contribution in [1.82, 2.24) is 5.32 Å². The van der Waals surface area contributed by atoms with Gasteiger partial charge in [0.15, 0.2) is 0 Å². The lowest BCUT2D eigenvalue weighted by atomic mass is 10.0. The first-order valence-electron chi connectivity index (χ1n) is 6.80. The van der Waals surface area contributed by atoms with Crippen molar-refractivity contribution in [2.24, 2.45) is 5.92 Å². The number of carbonyl (C=O) groups excluding carboxylic acids is 1. The zero-order valence-electron chi connectivity index (χ0n) is 10.9. The van der Waals surface area contributed by atoms with Gasteiger partial charge in [-0.15, -0.1) is 0 Å². The minimum atomic E-state index is -0.00698. The van der Waals surface area contributed by atoms with Crippen molar-refractivity contribution in [3.05, 3.63) is 35.4 Å². The van der Waals surface area contributed by atoms with E-state index in [1.165, 1.54) is 11.1 Å². The van der Waals surface area contributed by atoms with E-state index in [0.717, 1.165) is 12.8 Å². The molecule has 0 saturated carbocycles. The summed E-state index contributed by atoms with van der Waals surface area (Å²) in [4.78, 5) is 12.6. The highest BCUT2D eigenvalue weighted by atomic mass is 79.9. The molecule has 1 aromatic carbocycles. The largest absolute Gasteiger partial charge is 0.378 e. The predicted octanol–water partition coefficient (Wildman–Crippen LogP) is 2.59. The van der Waals surface area contributed by atoms with Gasteiger partial charge in [0, 0.05) is 11.4 Å². The molecule has 0 radical (unpaired) electrons. The number of nitrogens with one attached hydrogen (secondary N) is 1. The van der Waals surface area contributed by atoms with E-state index >= 15 is 0 Å². The van der Waals surface area contributed by atoms with Crippen molar-refractivity contribution in [1.29, 1.82) is 0 Å². The highest BCUT2D eigenvalue weighted by molar-refractivity contribution is 9.09. The van der Waals surface area contributed by atoms with Crippen molar-refractivity contribution in [3.63, 3.8) is 0 Å². The van der Waals surface area contributed by atoms with Crippen molar-refractivity contribution in [3.8, 4) is 0 Å². The van der Waals surface area contributed by atoms with Crippen LogP contribution in [0.25, 0.3) is 0 Å². The molecule has 1 aromatic rings. The molecular formula is C15H18BrNO2. The molecule has 1 aliphatic carbocycles. The average Bonchev–Trinajstić information content (AvgIpc) is 2.94. The highest BCUT2D eigenvalue weighted by Gasteiger charge is 2.36. The number of hydrogen-bond acceptors (Lipinski definition) is 2. The summed E-state index contributed by atoms with van der Waals surface area (Å²) in [6.45, 7) is 2.67. The van der Waals surface area contributed by atoms with Gasteiger partial charge in [-0.2, -0.15) is 0 Å². The Kier molecular flexibility index (Phi) is 3.63. The van der Waals surface area contributed by atoms with Gasteiger partial charge in [0.25, 0.3) is 0 Å². The lowest BCUT2D eigenvalue weighted by Gasteiger charge is -2.21. The minimum absolute atomic E-state index is 0.00698. The normalized spacial score (nSPS) is 33.2. The molecule has 102 valence electrons. The predicted molar refractivity (Wildman–Crippen MR) is 77.3 cm³/mol. The van der Waals surface area contributed by atoms with Crippen LogP contribution in [0.5, 0.6) is 0 Å². The number of alkyl halides is 1. The topological polar surface area (TPSA) is 38.3 Å². The van der Waals surface area contributed by atoms with Gasteiger partial charge in [-0.05, 0) is 30.9 Å². The maximum atomic E-state index is 12.4. The number of fused-ring (bicyclic) bond motifs is 1. The zero-order valence-corrected chi connectivity index (χ0v) is 12.5. The lowest BCUT2D eigenvalue weighted by Crippen LogP contribution is -2.38. The molecule has 0 aromatic heterocycles. The molecule has 19 heavy (non-hydrogen) atoms. The third-order valence-corrected chi connectivity index (χ3v) is 5.03. The summed E-state index contributed by atoms with van der Waals surface area (Å²) in [5, 5.41) is 3.19. The molecule has 0 spiro atoms. The van der Waals surface area contributed by atoms with Gasteiger partial charge in [0.2, 0.25) is 5.91 Å². The first-order valence-corrected chi connectivity index (χ1v) is 7.72. The van der Waals surface area contributed by atoms with Crippen LogP contribution in [0, 0.1) is 5.92 Å². The van der Waals surface area contributed by atoms with Gasteiger partial charge in [0.1, 0.15) is 0 Å². The van der Waals surface area contributed by atoms with Gasteiger partial charge in [0.05, 0.1) is 18.1 Å². The van der Waals surface area contributed by atoms with E-state index in [1.807, 2.05) is 13.0 Å². The van der Waals surface area contributed by atoms with Gasteiger partial charge >= 0.3 is 0 Å². The second kappa shape index (κ2) is 5.25. The third-order valence-electron chi connectivity index (χ3n) is 4.18. The molecule has 4 atom stereocenters. The number of amides is 1. The summed E-state index contributed by atoms with van der Waals surface area (Å²) in [6, 6.07) is 8.41. The van der Waals surface area contributed by atoms with Crippen molar-refractivity contribution < 1.29 is 9.53 Å². The Hall–Kier alpha value is -0.870. The average molecular weight is 324 g/mol.